The van der Waals surface area contributed by atoms with Crippen molar-refractivity contribution in [2.45, 2.75) is 24.8 Å². The van der Waals surface area contributed by atoms with Gasteiger partial charge in [-0.25, -0.2) is 12.8 Å². The number of morpholine rings is 1. The quantitative estimate of drug-likeness (QED) is 0.856. The highest BCUT2D eigenvalue weighted by atomic mass is 32.2. The third-order valence-electron chi connectivity index (χ3n) is 3.84. The average molecular weight is 340 g/mol. The number of aryl methyl sites for hydroxylation is 2. The van der Waals surface area contributed by atoms with Gasteiger partial charge in [0.15, 0.2) is 5.76 Å². The minimum atomic E-state index is -3.71. The monoisotopic (exact) mass is 340 g/mol. The normalized spacial score (nSPS) is 19.9. The molecule has 1 aliphatic heterocycles. The lowest BCUT2D eigenvalue weighted by molar-refractivity contribution is -0.00261. The van der Waals surface area contributed by atoms with Crippen molar-refractivity contribution in [3.8, 4) is 0 Å². The molecule has 1 aromatic carbocycles. The molecule has 2 heterocycles. The van der Waals surface area contributed by atoms with Crippen molar-refractivity contribution in [2.24, 2.45) is 0 Å². The highest BCUT2D eigenvalue weighted by molar-refractivity contribution is 7.89. The van der Waals surface area contributed by atoms with Gasteiger partial charge in [0.05, 0.1) is 12.7 Å². The predicted molar refractivity (Wildman–Crippen MR) is 79.8 cm³/mol. The van der Waals surface area contributed by atoms with Gasteiger partial charge in [0.2, 0.25) is 10.0 Å². The van der Waals surface area contributed by atoms with Crippen LogP contribution in [0.2, 0.25) is 0 Å². The summed E-state index contributed by atoms with van der Waals surface area (Å²) in [6, 6.07) is 5.87. The Hall–Kier alpha value is -1.77. The molecule has 0 saturated carbocycles. The van der Waals surface area contributed by atoms with E-state index in [4.69, 9.17) is 9.26 Å². The number of sulfonamides is 1. The van der Waals surface area contributed by atoms with Crippen LogP contribution in [0.4, 0.5) is 4.39 Å². The van der Waals surface area contributed by atoms with E-state index >= 15 is 0 Å². The number of nitrogens with zero attached hydrogens (tertiary/aromatic N) is 2. The molecule has 3 rings (SSSR count). The van der Waals surface area contributed by atoms with Crippen LogP contribution in [0.3, 0.4) is 0 Å². The van der Waals surface area contributed by atoms with Crippen LogP contribution < -0.4 is 0 Å². The van der Waals surface area contributed by atoms with Crippen molar-refractivity contribution >= 4 is 10.0 Å². The van der Waals surface area contributed by atoms with E-state index in [-0.39, 0.29) is 36.2 Å². The Bertz CT molecular complexity index is 782. The molecule has 1 atom stereocenters. The van der Waals surface area contributed by atoms with Crippen LogP contribution >= 0.6 is 0 Å². The molecule has 6 nitrogen and oxygen atoms in total. The molecule has 0 spiro atoms. The van der Waals surface area contributed by atoms with Gasteiger partial charge in [0.1, 0.15) is 16.4 Å². The summed E-state index contributed by atoms with van der Waals surface area (Å²) in [6.45, 7) is 3.86. The summed E-state index contributed by atoms with van der Waals surface area (Å²) < 4.78 is 50.7. The third-order valence-corrected chi connectivity index (χ3v) is 5.95. The zero-order valence-electron chi connectivity index (χ0n) is 12.8. The second-order valence-electron chi connectivity index (χ2n) is 5.43. The Labute approximate surface area is 133 Å². The Morgan fingerprint density at radius 1 is 1.26 bits per heavy atom. The molecular weight excluding hydrogens is 323 g/mol. The summed E-state index contributed by atoms with van der Waals surface area (Å²) in [4.78, 5) is 0.109. The topological polar surface area (TPSA) is 72.6 Å². The highest BCUT2D eigenvalue weighted by Crippen LogP contribution is 2.29. The SMILES string of the molecule is Cc1noc(C)c1S(=O)(=O)N1CCO[C@@H](c2ccc(F)cc2)C1. The molecule has 0 N–H and O–H groups in total. The zero-order chi connectivity index (χ0) is 16.6. The van der Waals surface area contributed by atoms with E-state index in [1.54, 1.807) is 26.0 Å². The van der Waals surface area contributed by atoms with Crippen molar-refractivity contribution in [3.05, 3.63) is 47.1 Å². The van der Waals surface area contributed by atoms with Gasteiger partial charge in [-0.3, -0.25) is 0 Å². The standard InChI is InChI=1S/C15H17FN2O4S/c1-10-15(11(2)22-17-10)23(19,20)18-7-8-21-14(9-18)12-3-5-13(16)6-4-12/h3-6,14H,7-9H2,1-2H3/t14-/m1/s1. The molecule has 8 heteroatoms. The Balaban J connectivity index is 1.87. The van der Waals surface area contributed by atoms with Crippen LogP contribution in [0.25, 0.3) is 0 Å². The smallest absolute Gasteiger partial charge is 0.248 e. The zero-order valence-corrected chi connectivity index (χ0v) is 13.6. The fourth-order valence-electron chi connectivity index (χ4n) is 2.70. The van der Waals surface area contributed by atoms with E-state index in [2.05, 4.69) is 5.16 Å². The number of rotatable bonds is 3. The third kappa shape index (κ3) is 3.01. The van der Waals surface area contributed by atoms with Gasteiger partial charge in [-0.1, -0.05) is 17.3 Å². The van der Waals surface area contributed by atoms with Crippen molar-refractivity contribution in [3.63, 3.8) is 0 Å². The lowest BCUT2D eigenvalue weighted by Gasteiger charge is -2.32. The molecule has 1 aliphatic rings. The summed E-state index contributed by atoms with van der Waals surface area (Å²) in [5, 5.41) is 3.71. The molecule has 124 valence electrons. The maximum Gasteiger partial charge on any atom is 0.248 e. The summed E-state index contributed by atoms with van der Waals surface area (Å²) in [5.41, 5.74) is 1.08. The first kappa shape index (κ1) is 16.1. The number of ether oxygens (including phenoxy) is 1. The van der Waals surface area contributed by atoms with E-state index in [9.17, 15) is 12.8 Å². The van der Waals surface area contributed by atoms with E-state index in [0.29, 0.717) is 5.69 Å². The first-order valence-corrected chi connectivity index (χ1v) is 8.63. The molecule has 1 saturated heterocycles. The molecule has 23 heavy (non-hydrogen) atoms. The summed E-state index contributed by atoms with van der Waals surface area (Å²) in [6.07, 6.45) is -0.431. The summed E-state index contributed by atoms with van der Waals surface area (Å²) in [5.74, 6) is -0.0721. The van der Waals surface area contributed by atoms with Crippen LogP contribution in [0.5, 0.6) is 0 Å². The minimum Gasteiger partial charge on any atom is -0.371 e. The van der Waals surface area contributed by atoms with E-state index < -0.39 is 16.1 Å². The van der Waals surface area contributed by atoms with Crippen molar-refractivity contribution in [2.75, 3.05) is 19.7 Å². The first-order chi connectivity index (χ1) is 10.9. The van der Waals surface area contributed by atoms with Gasteiger partial charge < -0.3 is 9.26 Å². The van der Waals surface area contributed by atoms with Crippen LogP contribution in [0, 0.1) is 19.7 Å². The summed E-state index contributed by atoms with van der Waals surface area (Å²) >= 11 is 0. The van der Waals surface area contributed by atoms with Crippen LogP contribution in [0.1, 0.15) is 23.1 Å². The number of hydrogen-bond donors (Lipinski definition) is 0. The van der Waals surface area contributed by atoms with Gasteiger partial charge in [-0.05, 0) is 31.5 Å². The van der Waals surface area contributed by atoms with Gasteiger partial charge >= 0.3 is 0 Å². The van der Waals surface area contributed by atoms with Crippen molar-refractivity contribution < 1.29 is 22.1 Å². The highest BCUT2D eigenvalue weighted by Gasteiger charge is 2.35. The Kier molecular flexibility index (Phi) is 4.22. The van der Waals surface area contributed by atoms with Crippen LogP contribution in [0.15, 0.2) is 33.7 Å². The molecule has 0 aliphatic carbocycles. The summed E-state index contributed by atoms with van der Waals surface area (Å²) in [7, 11) is -3.71. The number of hydrogen-bond acceptors (Lipinski definition) is 5. The predicted octanol–water partition coefficient (Wildman–Crippen LogP) is 2.19. The molecule has 0 amide bonds. The second-order valence-corrected chi connectivity index (χ2v) is 7.30. The van der Waals surface area contributed by atoms with Crippen LogP contribution in [-0.2, 0) is 14.8 Å². The average Bonchev–Trinajstić information content (AvgIpc) is 2.88. The molecular formula is C15H17FN2O4S. The van der Waals surface area contributed by atoms with E-state index in [1.807, 2.05) is 0 Å². The van der Waals surface area contributed by atoms with E-state index in [1.165, 1.54) is 16.4 Å². The lowest BCUT2D eigenvalue weighted by atomic mass is 10.1. The Morgan fingerprint density at radius 2 is 1.96 bits per heavy atom. The lowest BCUT2D eigenvalue weighted by Crippen LogP contribution is -2.42. The van der Waals surface area contributed by atoms with Crippen LogP contribution in [-0.4, -0.2) is 37.6 Å². The van der Waals surface area contributed by atoms with Gasteiger partial charge in [-0.15, -0.1) is 0 Å². The fourth-order valence-corrected chi connectivity index (χ4v) is 4.41. The number of halogens is 1. The molecule has 2 aromatic rings. The molecule has 0 bridgehead atoms. The largest absolute Gasteiger partial charge is 0.371 e. The van der Waals surface area contributed by atoms with Crippen molar-refractivity contribution in [1.29, 1.82) is 0 Å². The first-order valence-electron chi connectivity index (χ1n) is 7.19. The van der Waals surface area contributed by atoms with Gasteiger partial charge in [0.25, 0.3) is 0 Å². The molecule has 0 unspecified atom stereocenters. The fraction of sp³-hybridized carbons (Fsp3) is 0.400. The molecule has 1 fully saturated rings. The van der Waals surface area contributed by atoms with Gasteiger partial charge in [0, 0.05) is 13.1 Å². The minimum absolute atomic E-state index is 0.109. The van der Waals surface area contributed by atoms with E-state index in [0.717, 1.165) is 5.56 Å². The number of benzene rings is 1. The van der Waals surface area contributed by atoms with Gasteiger partial charge in [-0.2, -0.15) is 4.31 Å². The Morgan fingerprint density at radius 3 is 2.57 bits per heavy atom. The maximum atomic E-state index is 13.0. The number of aromatic nitrogens is 1. The molecule has 1 aromatic heterocycles. The maximum absolute atomic E-state index is 13.0. The molecule has 0 radical (unpaired) electrons. The van der Waals surface area contributed by atoms with Crippen molar-refractivity contribution in [1.82, 2.24) is 9.46 Å². The second kappa shape index (κ2) is 6.03.